The summed E-state index contributed by atoms with van der Waals surface area (Å²) in [6.07, 6.45) is 0. The summed E-state index contributed by atoms with van der Waals surface area (Å²) in [4.78, 5) is 11.6. The van der Waals surface area contributed by atoms with Crippen molar-refractivity contribution in [3.63, 3.8) is 0 Å². The molecule has 0 saturated carbocycles. The van der Waals surface area contributed by atoms with E-state index < -0.39 is 16.1 Å². The highest BCUT2D eigenvalue weighted by Gasteiger charge is 2.15. The Hall–Kier alpha value is -2.34. The Morgan fingerprint density at radius 1 is 0.900 bits per heavy atom. The molecule has 5 nitrogen and oxygen atoms in total. The minimum atomic E-state index is -3.72. The largest absolute Gasteiger partial charge is 0.332 e. The predicted molar refractivity (Wildman–Crippen MR) is 77.7 cm³/mol. The SMILES string of the molecule is O=C(Nc1ccccc1)NS(=O)(=O)Cc1ccccc1. The van der Waals surface area contributed by atoms with Crippen LogP contribution in [-0.4, -0.2) is 14.4 Å². The third kappa shape index (κ3) is 4.40. The van der Waals surface area contributed by atoms with E-state index in [0.29, 0.717) is 11.3 Å². The molecule has 0 heterocycles. The first-order valence-corrected chi connectivity index (χ1v) is 7.61. The normalized spacial score (nSPS) is 10.8. The summed E-state index contributed by atoms with van der Waals surface area (Å²) < 4.78 is 25.6. The molecule has 0 unspecified atom stereocenters. The van der Waals surface area contributed by atoms with E-state index >= 15 is 0 Å². The predicted octanol–water partition coefficient (Wildman–Crippen LogP) is 2.34. The van der Waals surface area contributed by atoms with Crippen LogP contribution in [0.5, 0.6) is 0 Å². The van der Waals surface area contributed by atoms with Crippen molar-refractivity contribution in [2.24, 2.45) is 0 Å². The topological polar surface area (TPSA) is 75.3 Å². The minimum Gasteiger partial charge on any atom is -0.307 e. The van der Waals surface area contributed by atoms with E-state index in [-0.39, 0.29) is 5.75 Å². The van der Waals surface area contributed by atoms with Crippen LogP contribution >= 0.6 is 0 Å². The molecule has 104 valence electrons. The van der Waals surface area contributed by atoms with Gasteiger partial charge in [0.2, 0.25) is 10.0 Å². The first kappa shape index (κ1) is 14.1. The summed E-state index contributed by atoms with van der Waals surface area (Å²) in [6, 6.07) is 16.5. The zero-order chi connectivity index (χ0) is 14.4. The van der Waals surface area contributed by atoms with Crippen molar-refractivity contribution in [2.45, 2.75) is 5.75 Å². The summed E-state index contributed by atoms with van der Waals surface area (Å²) in [5.41, 5.74) is 1.15. The number of benzene rings is 2. The van der Waals surface area contributed by atoms with Gasteiger partial charge in [-0.3, -0.25) is 0 Å². The van der Waals surface area contributed by atoms with Gasteiger partial charge >= 0.3 is 6.03 Å². The van der Waals surface area contributed by atoms with E-state index in [1.807, 2.05) is 4.72 Å². The smallest absolute Gasteiger partial charge is 0.307 e. The fraction of sp³-hybridized carbons (Fsp3) is 0.0714. The van der Waals surface area contributed by atoms with Gasteiger partial charge in [-0.15, -0.1) is 0 Å². The van der Waals surface area contributed by atoms with Crippen LogP contribution in [0, 0.1) is 0 Å². The van der Waals surface area contributed by atoms with Gasteiger partial charge in [-0.2, -0.15) is 0 Å². The van der Waals surface area contributed by atoms with Crippen molar-refractivity contribution in [1.29, 1.82) is 0 Å². The van der Waals surface area contributed by atoms with Crippen LogP contribution in [0.1, 0.15) is 5.56 Å². The molecule has 2 amide bonds. The van der Waals surface area contributed by atoms with Gasteiger partial charge in [0.1, 0.15) is 0 Å². The molecule has 0 saturated heterocycles. The lowest BCUT2D eigenvalue weighted by atomic mass is 10.2. The summed E-state index contributed by atoms with van der Waals surface area (Å²) in [5.74, 6) is -0.240. The molecule has 0 bridgehead atoms. The number of para-hydroxylation sites is 1. The van der Waals surface area contributed by atoms with Crippen LogP contribution in [0.25, 0.3) is 0 Å². The Kier molecular flexibility index (Phi) is 4.37. The second-order valence-corrected chi connectivity index (χ2v) is 5.89. The number of anilines is 1. The van der Waals surface area contributed by atoms with Crippen LogP contribution in [0.15, 0.2) is 60.7 Å². The van der Waals surface area contributed by atoms with Gasteiger partial charge in [-0.1, -0.05) is 48.5 Å². The molecule has 0 spiro atoms. The molecule has 2 aromatic rings. The Morgan fingerprint density at radius 2 is 1.45 bits per heavy atom. The molecular weight excluding hydrogens is 276 g/mol. The fourth-order valence-corrected chi connectivity index (χ4v) is 2.69. The van der Waals surface area contributed by atoms with E-state index in [1.165, 1.54) is 0 Å². The van der Waals surface area contributed by atoms with Crippen molar-refractivity contribution in [3.05, 3.63) is 66.2 Å². The van der Waals surface area contributed by atoms with Crippen LogP contribution in [0.4, 0.5) is 10.5 Å². The second kappa shape index (κ2) is 6.21. The third-order valence-electron chi connectivity index (χ3n) is 2.48. The molecule has 0 atom stereocenters. The number of hydrogen-bond donors (Lipinski definition) is 2. The van der Waals surface area contributed by atoms with E-state index in [2.05, 4.69) is 5.32 Å². The number of carbonyl (C=O) groups excluding carboxylic acids is 1. The average molecular weight is 290 g/mol. The molecule has 0 aliphatic carbocycles. The number of nitrogens with one attached hydrogen (secondary N) is 2. The summed E-state index contributed by atoms with van der Waals surface area (Å²) in [5, 5.41) is 2.45. The summed E-state index contributed by atoms with van der Waals surface area (Å²) >= 11 is 0. The molecule has 0 aromatic heterocycles. The lowest BCUT2D eigenvalue weighted by Crippen LogP contribution is -2.35. The van der Waals surface area contributed by atoms with Crippen molar-refractivity contribution in [2.75, 3.05) is 5.32 Å². The Bertz CT molecular complexity index is 670. The average Bonchev–Trinajstić information content (AvgIpc) is 2.39. The second-order valence-electron chi connectivity index (χ2n) is 4.17. The molecule has 0 aliphatic rings. The van der Waals surface area contributed by atoms with Crippen molar-refractivity contribution >= 4 is 21.7 Å². The molecule has 0 radical (unpaired) electrons. The zero-order valence-electron chi connectivity index (χ0n) is 10.6. The van der Waals surface area contributed by atoms with E-state index in [1.54, 1.807) is 60.7 Å². The first-order chi connectivity index (χ1) is 9.55. The monoisotopic (exact) mass is 290 g/mol. The van der Waals surface area contributed by atoms with Gasteiger partial charge in [0.15, 0.2) is 0 Å². The quantitative estimate of drug-likeness (QED) is 0.907. The van der Waals surface area contributed by atoms with Crippen LogP contribution < -0.4 is 10.0 Å². The van der Waals surface area contributed by atoms with Crippen molar-refractivity contribution < 1.29 is 13.2 Å². The van der Waals surface area contributed by atoms with Gasteiger partial charge < -0.3 is 5.32 Å². The van der Waals surface area contributed by atoms with E-state index in [0.717, 1.165) is 0 Å². The minimum absolute atomic E-state index is 0.240. The lowest BCUT2D eigenvalue weighted by molar-refractivity contribution is 0.256. The summed E-state index contributed by atoms with van der Waals surface area (Å²) in [6.45, 7) is 0. The molecule has 0 aliphatic heterocycles. The van der Waals surface area contributed by atoms with E-state index in [9.17, 15) is 13.2 Å². The number of carbonyl (C=O) groups is 1. The van der Waals surface area contributed by atoms with Gasteiger partial charge in [0.25, 0.3) is 0 Å². The zero-order valence-corrected chi connectivity index (χ0v) is 11.4. The molecule has 6 heteroatoms. The molecule has 0 fully saturated rings. The highest BCUT2D eigenvalue weighted by Crippen LogP contribution is 2.06. The number of hydrogen-bond acceptors (Lipinski definition) is 3. The molecule has 20 heavy (non-hydrogen) atoms. The Labute approximate surface area is 117 Å². The maximum Gasteiger partial charge on any atom is 0.332 e. The first-order valence-electron chi connectivity index (χ1n) is 5.96. The standard InChI is InChI=1S/C14H14N2O3S/c17-14(15-13-9-5-2-6-10-13)16-20(18,19)11-12-7-3-1-4-8-12/h1-10H,11H2,(H2,15,16,17). The van der Waals surface area contributed by atoms with Gasteiger partial charge in [-0.05, 0) is 17.7 Å². The third-order valence-corrected chi connectivity index (χ3v) is 3.69. The highest BCUT2D eigenvalue weighted by atomic mass is 32.2. The molecule has 2 aromatic carbocycles. The molecule has 2 N–H and O–H groups in total. The Balaban J connectivity index is 1.96. The number of sulfonamides is 1. The fourth-order valence-electron chi connectivity index (χ4n) is 1.65. The summed E-state index contributed by atoms with van der Waals surface area (Å²) in [7, 11) is -3.72. The van der Waals surface area contributed by atoms with Crippen molar-refractivity contribution in [1.82, 2.24) is 4.72 Å². The molecule has 2 rings (SSSR count). The van der Waals surface area contributed by atoms with Crippen LogP contribution in [0.2, 0.25) is 0 Å². The Morgan fingerprint density at radius 3 is 2.05 bits per heavy atom. The lowest BCUT2D eigenvalue weighted by Gasteiger charge is -2.08. The molecular formula is C14H14N2O3S. The number of rotatable bonds is 4. The van der Waals surface area contributed by atoms with Gasteiger partial charge in [0, 0.05) is 5.69 Å². The van der Waals surface area contributed by atoms with Crippen LogP contribution in [0.3, 0.4) is 0 Å². The highest BCUT2D eigenvalue weighted by molar-refractivity contribution is 7.89. The van der Waals surface area contributed by atoms with Gasteiger partial charge in [0.05, 0.1) is 5.75 Å². The van der Waals surface area contributed by atoms with Gasteiger partial charge in [-0.25, -0.2) is 17.9 Å². The number of amides is 2. The number of urea groups is 1. The maximum atomic E-state index is 11.8. The van der Waals surface area contributed by atoms with E-state index in [4.69, 9.17) is 0 Å². The van der Waals surface area contributed by atoms with Crippen molar-refractivity contribution in [3.8, 4) is 0 Å². The maximum absolute atomic E-state index is 11.8. The van der Waals surface area contributed by atoms with Crippen LogP contribution in [-0.2, 0) is 15.8 Å².